The summed E-state index contributed by atoms with van der Waals surface area (Å²) >= 11 is 0. The third-order valence-corrected chi connectivity index (χ3v) is 2.58. The number of allylic oxidation sites excluding steroid dienone is 8. The van der Waals surface area contributed by atoms with Crippen LogP contribution in [0.2, 0.25) is 0 Å². The highest BCUT2D eigenvalue weighted by Crippen LogP contribution is 2.39. The molecule has 0 aromatic heterocycles. The van der Waals surface area contributed by atoms with Crippen molar-refractivity contribution in [2.24, 2.45) is 9.98 Å². The van der Waals surface area contributed by atoms with E-state index < -0.39 is 69.9 Å². The molecule has 0 radical (unpaired) electrons. The molecule has 2 rings (SSSR count). The molecule has 2 aliphatic heterocycles. The number of hydrogen-bond donors (Lipinski definition) is 0. The predicted octanol–water partition coefficient (Wildman–Crippen LogP) is 5.56. The topological polar surface area (TPSA) is 24.7 Å². The van der Waals surface area contributed by atoms with Crippen LogP contribution >= 0.6 is 0 Å². The third kappa shape index (κ3) is 2.67. The molecule has 0 bridgehead atoms. The van der Waals surface area contributed by atoms with Crippen LogP contribution in [0.3, 0.4) is 0 Å². The number of nitrogens with zero attached hydrogens (tertiary/aromatic N) is 2. The quantitative estimate of drug-likeness (QED) is 0.504. The zero-order valence-corrected chi connectivity index (χ0v) is 10.7. The van der Waals surface area contributed by atoms with E-state index in [-0.39, 0.29) is 0 Å². The van der Waals surface area contributed by atoms with Gasteiger partial charge in [-0.2, -0.15) is 17.6 Å². The lowest BCUT2D eigenvalue weighted by atomic mass is 10.2. The highest BCUT2D eigenvalue weighted by atomic mass is 19.2. The molecule has 0 saturated carbocycles. The molecule has 0 aromatic carbocycles. The lowest BCUT2D eigenvalue weighted by Gasteiger charge is -2.04. The van der Waals surface area contributed by atoms with Crippen LogP contribution in [0.4, 0.5) is 43.9 Å². The summed E-state index contributed by atoms with van der Waals surface area (Å²) in [7, 11) is 0. The highest BCUT2D eigenvalue weighted by molar-refractivity contribution is 5.95. The van der Waals surface area contributed by atoms with Crippen LogP contribution in [0.1, 0.15) is 0 Å². The number of halogens is 10. The predicted molar refractivity (Wildman–Crippen MR) is 61.1 cm³/mol. The molecule has 0 aliphatic carbocycles. The van der Waals surface area contributed by atoms with Crippen molar-refractivity contribution in [3.05, 3.63) is 58.0 Å². The zero-order valence-electron chi connectivity index (χ0n) is 10.7. The first kappa shape index (κ1) is 17.7. The van der Waals surface area contributed by atoms with E-state index in [1.165, 1.54) is 0 Å². The summed E-state index contributed by atoms with van der Waals surface area (Å²) in [4.78, 5) is 4.56. The van der Waals surface area contributed by atoms with E-state index >= 15 is 0 Å². The van der Waals surface area contributed by atoms with Gasteiger partial charge in [0, 0.05) is 0 Å². The number of aliphatic imine (C=N–C) groups is 2. The first-order valence-corrected chi connectivity index (χ1v) is 5.53. The Labute approximate surface area is 125 Å². The normalized spacial score (nSPS) is 23.6. The van der Waals surface area contributed by atoms with E-state index in [1.807, 2.05) is 0 Å². The molecule has 0 N–H and O–H groups in total. The van der Waals surface area contributed by atoms with E-state index in [4.69, 9.17) is 0 Å². The van der Waals surface area contributed by atoms with Crippen molar-refractivity contribution in [1.82, 2.24) is 0 Å². The van der Waals surface area contributed by atoms with Gasteiger partial charge in [-0.1, -0.05) is 0 Å². The number of rotatable bonds is 0. The highest BCUT2D eigenvalue weighted by Gasteiger charge is 2.34. The first-order valence-electron chi connectivity index (χ1n) is 5.53. The van der Waals surface area contributed by atoms with Gasteiger partial charge in [-0.25, -0.2) is 36.3 Å². The molecule has 0 spiro atoms. The molecule has 0 amide bonds. The van der Waals surface area contributed by atoms with Crippen LogP contribution in [0.5, 0.6) is 0 Å². The second kappa shape index (κ2) is 6.09. The Morgan fingerprint density at radius 1 is 0.333 bits per heavy atom. The van der Waals surface area contributed by atoms with Gasteiger partial charge in [0.2, 0.25) is 23.3 Å². The van der Waals surface area contributed by atoms with Crippen LogP contribution in [-0.4, -0.2) is 11.9 Å². The molecule has 0 aromatic rings. The smallest absolute Gasteiger partial charge is 0.212 e. The lowest BCUT2D eigenvalue weighted by Crippen LogP contribution is -1.97. The molecule has 2 nitrogen and oxygen atoms in total. The molecule has 0 fully saturated rings. The third-order valence-electron chi connectivity index (χ3n) is 2.58. The fraction of sp³-hybridized carbons (Fsp3) is 0. The second-order valence-electron chi connectivity index (χ2n) is 4.01. The van der Waals surface area contributed by atoms with Crippen LogP contribution in [-0.2, 0) is 0 Å². The van der Waals surface area contributed by atoms with Crippen molar-refractivity contribution in [3.8, 4) is 0 Å². The average molecular weight is 362 g/mol. The van der Waals surface area contributed by atoms with Gasteiger partial charge in [-0.15, -0.1) is 0 Å². The minimum atomic E-state index is -2.74. The minimum Gasteiger partial charge on any atom is -0.212 e. The summed E-state index contributed by atoms with van der Waals surface area (Å²) in [5.74, 6) is -26.5. The van der Waals surface area contributed by atoms with Crippen molar-refractivity contribution in [2.45, 2.75) is 0 Å². The molecule has 24 heavy (non-hydrogen) atoms. The Bertz CT molecular complexity index is 783. The number of hydrogen-bond acceptors (Lipinski definition) is 2. The molecule has 12 heteroatoms. The summed E-state index contributed by atoms with van der Waals surface area (Å²) in [5.41, 5.74) is -4.14. The summed E-state index contributed by atoms with van der Waals surface area (Å²) in [6.07, 6.45) is 0. The lowest BCUT2D eigenvalue weighted by molar-refractivity contribution is 0.472. The SMILES string of the molecule is FC1=NC(=C2N=C(F)C(F)=C(F)C(F)=C2F)C(F)=C(F)C(F)=C1F. The van der Waals surface area contributed by atoms with Crippen molar-refractivity contribution in [3.63, 3.8) is 0 Å². The maximum atomic E-state index is 13.7. The Kier molecular flexibility index (Phi) is 4.49. The summed E-state index contributed by atoms with van der Waals surface area (Å²) in [6, 6.07) is 0. The Morgan fingerprint density at radius 3 is 0.875 bits per heavy atom. The Hall–Kier alpha value is -2.66. The Balaban J connectivity index is 2.91. The largest absolute Gasteiger partial charge is 0.252 e. The van der Waals surface area contributed by atoms with Crippen LogP contribution in [0.15, 0.2) is 68.0 Å². The molecule has 0 atom stereocenters. The van der Waals surface area contributed by atoms with Gasteiger partial charge in [0.05, 0.1) is 0 Å². The van der Waals surface area contributed by atoms with E-state index in [9.17, 15) is 43.9 Å². The average Bonchev–Trinajstić information content (AvgIpc) is 2.68. The maximum Gasteiger partial charge on any atom is 0.252 e. The fourth-order valence-corrected chi connectivity index (χ4v) is 1.48. The van der Waals surface area contributed by atoms with E-state index in [1.54, 1.807) is 0 Å². The molecule has 2 aliphatic rings. The van der Waals surface area contributed by atoms with Crippen LogP contribution in [0, 0.1) is 0 Å². The standard InChI is InChI=1S/C12F10N2/c13-1-3(15)7(19)11(21)23-9(5(1)17)10-6(18)2(14)4(16)8(20)12(22)24-10. The zero-order chi connectivity index (χ0) is 18.3. The molecule has 2 heterocycles. The van der Waals surface area contributed by atoms with Gasteiger partial charge in [0.25, 0.3) is 11.9 Å². The summed E-state index contributed by atoms with van der Waals surface area (Å²) in [6.45, 7) is 0. The van der Waals surface area contributed by atoms with Gasteiger partial charge in [-0.3, -0.25) is 0 Å². The monoisotopic (exact) mass is 362 g/mol. The van der Waals surface area contributed by atoms with Crippen molar-refractivity contribution < 1.29 is 43.9 Å². The molecule has 0 unspecified atom stereocenters. The minimum absolute atomic E-state index is 2.07. The van der Waals surface area contributed by atoms with E-state index in [2.05, 4.69) is 9.98 Å². The van der Waals surface area contributed by atoms with Crippen LogP contribution in [0.25, 0.3) is 0 Å². The van der Waals surface area contributed by atoms with Gasteiger partial charge >= 0.3 is 0 Å². The van der Waals surface area contributed by atoms with Crippen LogP contribution < -0.4 is 0 Å². The maximum absolute atomic E-state index is 13.7. The molecule has 0 saturated heterocycles. The summed E-state index contributed by atoms with van der Waals surface area (Å²) < 4.78 is 132. The van der Waals surface area contributed by atoms with Gasteiger partial charge in [0.1, 0.15) is 11.4 Å². The van der Waals surface area contributed by atoms with E-state index in [0.29, 0.717) is 0 Å². The van der Waals surface area contributed by atoms with E-state index in [0.717, 1.165) is 0 Å². The summed E-state index contributed by atoms with van der Waals surface area (Å²) in [5, 5.41) is 0. The molecule has 128 valence electrons. The molecular weight excluding hydrogens is 362 g/mol. The van der Waals surface area contributed by atoms with Crippen molar-refractivity contribution in [2.75, 3.05) is 0 Å². The van der Waals surface area contributed by atoms with Gasteiger partial charge in [0.15, 0.2) is 23.3 Å². The fourth-order valence-electron chi connectivity index (χ4n) is 1.48. The van der Waals surface area contributed by atoms with Crippen molar-refractivity contribution in [1.29, 1.82) is 0 Å². The van der Waals surface area contributed by atoms with Crippen molar-refractivity contribution >= 4 is 11.9 Å². The Morgan fingerprint density at radius 2 is 0.583 bits per heavy atom. The second-order valence-corrected chi connectivity index (χ2v) is 4.01. The van der Waals surface area contributed by atoms with Gasteiger partial charge in [-0.05, 0) is 0 Å². The molecular formula is C12F10N2. The van der Waals surface area contributed by atoms with Gasteiger partial charge < -0.3 is 0 Å². The first-order chi connectivity index (χ1) is 11.1.